The Morgan fingerprint density at radius 2 is 2.10 bits per heavy atom. The summed E-state index contributed by atoms with van der Waals surface area (Å²) in [6.07, 6.45) is 0. The third-order valence-electron chi connectivity index (χ3n) is 2.50. The molecular weight excluding hydrogens is 281 g/mol. The second-order valence-electron chi connectivity index (χ2n) is 4.09. The zero-order valence-corrected chi connectivity index (χ0v) is 10.8. The van der Waals surface area contributed by atoms with Crippen LogP contribution in [0.15, 0.2) is 40.8 Å². The standard InChI is InChI=1S/C14H12FNO5/c15-9-2-1-3-10(6-9)20-8-13(17)16-7-11-4-5-12(21-11)14(18)19/h1-6H,7-8H2,(H,16,17)(H,18,19). The molecule has 2 N–H and O–H groups in total. The van der Waals surface area contributed by atoms with Crippen molar-refractivity contribution < 1.29 is 28.2 Å². The molecule has 0 aliphatic rings. The number of rotatable bonds is 6. The first-order chi connectivity index (χ1) is 10.0. The number of hydrogen-bond acceptors (Lipinski definition) is 4. The molecule has 0 fully saturated rings. The topological polar surface area (TPSA) is 88.8 Å². The van der Waals surface area contributed by atoms with Crippen LogP contribution in [0.25, 0.3) is 0 Å². The molecule has 110 valence electrons. The van der Waals surface area contributed by atoms with Crippen molar-refractivity contribution in [3.05, 3.63) is 53.7 Å². The van der Waals surface area contributed by atoms with E-state index >= 15 is 0 Å². The zero-order valence-electron chi connectivity index (χ0n) is 10.8. The molecule has 0 spiro atoms. The van der Waals surface area contributed by atoms with Crippen LogP contribution in [0.4, 0.5) is 4.39 Å². The van der Waals surface area contributed by atoms with Gasteiger partial charge in [-0.2, -0.15) is 0 Å². The number of nitrogens with one attached hydrogen (secondary N) is 1. The molecule has 1 amide bonds. The molecule has 0 aliphatic heterocycles. The molecule has 0 unspecified atom stereocenters. The van der Waals surface area contributed by atoms with Crippen LogP contribution in [0.1, 0.15) is 16.3 Å². The molecule has 0 saturated heterocycles. The number of furan rings is 1. The fourth-order valence-corrected chi connectivity index (χ4v) is 1.53. The average molecular weight is 293 g/mol. The van der Waals surface area contributed by atoms with Crippen LogP contribution in [0.3, 0.4) is 0 Å². The normalized spacial score (nSPS) is 10.1. The second kappa shape index (κ2) is 6.56. The Hall–Kier alpha value is -2.83. The first-order valence-corrected chi connectivity index (χ1v) is 6.01. The number of aromatic carboxylic acids is 1. The first-order valence-electron chi connectivity index (χ1n) is 6.01. The Kier molecular flexibility index (Phi) is 4.55. The molecule has 6 nitrogen and oxygen atoms in total. The van der Waals surface area contributed by atoms with Gasteiger partial charge in [-0.3, -0.25) is 4.79 Å². The molecule has 0 saturated carbocycles. The zero-order chi connectivity index (χ0) is 15.2. The number of halogens is 1. The Morgan fingerprint density at radius 1 is 1.29 bits per heavy atom. The number of carbonyl (C=O) groups excluding carboxylic acids is 1. The van der Waals surface area contributed by atoms with Gasteiger partial charge >= 0.3 is 5.97 Å². The molecule has 2 aromatic rings. The van der Waals surface area contributed by atoms with Crippen molar-refractivity contribution in [1.29, 1.82) is 0 Å². The van der Waals surface area contributed by atoms with Gasteiger partial charge in [0.05, 0.1) is 6.54 Å². The van der Waals surface area contributed by atoms with Crippen molar-refractivity contribution in [3.8, 4) is 5.75 Å². The molecule has 1 aromatic carbocycles. The third-order valence-corrected chi connectivity index (χ3v) is 2.50. The van der Waals surface area contributed by atoms with Gasteiger partial charge < -0.3 is 19.6 Å². The highest BCUT2D eigenvalue weighted by Gasteiger charge is 2.10. The van der Waals surface area contributed by atoms with Crippen LogP contribution < -0.4 is 10.1 Å². The van der Waals surface area contributed by atoms with E-state index in [4.69, 9.17) is 14.3 Å². The lowest BCUT2D eigenvalue weighted by molar-refractivity contribution is -0.123. The van der Waals surface area contributed by atoms with Crippen molar-refractivity contribution in [2.24, 2.45) is 0 Å². The summed E-state index contributed by atoms with van der Waals surface area (Å²) in [5.74, 6) is -1.71. The molecule has 0 bridgehead atoms. The number of hydrogen-bond donors (Lipinski definition) is 2. The average Bonchev–Trinajstić information content (AvgIpc) is 2.92. The van der Waals surface area contributed by atoms with E-state index in [0.29, 0.717) is 5.76 Å². The van der Waals surface area contributed by atoms with Gasteiger partial charge in [-0.15, -0.1) is 0 Å². The minimum Gasteiger partial charge on any atom is -0.484 e. The Labute approximate surface area is 119 Å². The van der Waals surface area contributed by atoms with Crippen molar-refractivity contribution in [2.45, 2.75) is 6.54 Å². The number of ether oxygens (including phenoxy) is 1. The highest BCUT2D eigenvalue weighted by atomic mass is 19.1. The fraction of sp³-hybridized carbons (Fsp3) is 0.143. The van der Waals surface area contributed by atoms with Gasteiger partial charge in [-0.25, -0.2) is 9.18 Å². The second-order valence-corrected chi connectivity index (χ2v) is 4.09. The number of carbonyl (C=O) groups is 2. The predicted molar refractivity (Wildman–Crippen MR) is 69.4 cm³/mol. The lowest BCUT2D eigenvalue weighted by Crippen LogP contribution is -2.28. The summed E-state index contributed by atoms with van der Waals surface area (Å²) < 4.78 is 23.0. The largest absolute Gasteiger partial charge is 0.484 e. The van der Waals surface area contributed by atoms with E-state index in [9.17, 15) is 14.0 Å². The highest BCUT2D eigenvalue weighted by Crippen LogP contribution is 2.11. The Balaban J connectivity index is 1.78. The van der Waals surface area contributed by atoms with E-state index in [1.54, 1.807) is 0 Å². The number of carboxylic acid groups (broad SMARTS) is 1. The van der Waals surface area contributed by atoms with Crippen molar-refractivity contribution in [3.63, 3.8) is 0 Å². The van der Waals surface area contributed by atoms with E-state index in [-0.39, 0.29) is 24.7 Å². The lowest BCUT2D eigenvalue weighted by Gasteiger charge is -2.06. The van der Waals surface area contributed by atoms with Crippen LogP contribution in [0.5, 0.6) is 5.75 Å². The van der Waals surface area contributed by atoms with Gasteiger partial charge in [0.1, 0.15) is 17.3 Å². The van der Waals surface area contributed by atoms with Crippen LogP contribution in [0.2, 0.25) is 0 Å². The summed E-state index contributed by atoms with van der Waals surface area (Å²) >= 11 is 0. The van der Waals surface area contributed by atoms with Gasteiger partial charge in [-0.1, -0.05) is 6.07 Å². The maximum Gasteiger partial charge on any atom is 0.371 e. The molecule has 1 aromatic heterocycles. The SMILES string of the molecule is O=C(COc1cccc(F)c1)NCc1ccc(C(=O)O)o1. The van der Waals surface area contributed by atoms with Gasteiger partial charge in [0, 0.05) is 6.07 Å². The van der Waals surface area contributed by atoms with Gasteiger partial charge in [0.25, 0.3) is 5.91 Å². The molecule has 1 heterocycles. The summed E-state index contributed by atoms with van der Waals surface area (Å²) in [6, 6.07) is 8.19. The Morgan fingerprint density at radius 3 is 2.76 bits per heavy atom. The van der Waals surface area contributed by atoms with E-state index < -0.39 is 17.7 Å². The predicted octanol–water partition coefficient (Wildman–Crippen LogP) is 1.81. The third kappa shape index (κ3) is 4.34. The van der Waals surface area contributed by atoms with Crippen LogP contribution in [-0.2, 0) is 11.3 Å². The van der Waals surface area contributed by atoms with E-state index in [1.807, 2.05) is 0 Å². The van der Waals surface area contributed by atoms with E-state index in [1.165, 1.54) is 36.4 Å². The first kappa shape index (κ1) is 14.6. The summed E-state index contributed by atoms with van der Waals surface area (Å²) in [4.78, 5) is 22.1. The van der Waals surface area contributed by atoms with Crippen molar-refractivity contribution in [1.82, 2.24) is 5.32 Å². The molecule has 21 heavy (non-hydrogen) atoms. The summed E-state index contributed by atoms with van der Waals surface area (Å²) in [5, 5.41) is 11.2. The van der Waals surface area contributed by atoms with Crippen LogP contribution >= 0.6 is 0 Å². The minimum absolute atomic E-state index is 0.0403. The summed E-state index contributed by atoms with van der Waals surface area (Å²) in [7, 11) is 0. The highest BCUT2D eigenvalue weighted by molar-refractivity contribution is 5.84. The van der Waals surface area contributed by atoms with Gasteiger partial charge in [0.2, 0.25) is 5.76 Å². The lowest BCUT2D eigenvalue weighted by atomic mass is 10.3. The number of amides is 1. The van der Waals surface area contributed by atoms with Crippen molar-refractivity contribution >= 4 is 11.9 Å². The monoisotopic (exact) mass is 293 g/mol. The summed E-state index contributed by atoms with van der Waals surface area (Å²) in [5.41, 5.74) is 0. The molecule has 0 radical (unpaired) electrons. The van der Waals surface area contributed by atoms with Crippen LogP contribution in [0, 0.1) is 5.82 Å². The fourth-order valence-electron chi connectivity index (χ4n) is 1.53. The molecule has 2 rings (SSSR count). The maximum atomic E-state index is 12.9. The number of carboxylic acids is 1. The minimum atomic E-state index is -1.18. The van der Waals surface area contributed by atoms with E-state index in [0.717, 1.165) is 0 Å². The maximum absolute atomic E-state index is 12.9. The van der Waals surface area contributed by atoms with Crippen molar-refractivity contribution in [2.75, 3.05) is 6.61 Å². The molecule has 0 atom stereocenters. The Bertz CT molecular complexity index is 652. The summed E-state index contributed by atoms with van der Waals surface area (Å²) in [6.45, 7) is -0.241. The van der Waals surface area contributed by atoms with Gasteiger partial charge in [-0.05, 0) is 24.3 Å². The quantitative estimate of drug-likeness (QED) is 0.848. The molecular formula is C14H12FNO5. The smallest absolute Gasteiger partial charge is 0.371 e. The molecule has 7 heteroatoms. The van der Waals surface area contributed by atoms with Gasteiger partial charge in [0.15, 0.2) is 6.61 Å². The number of benzene rings is 1. The van der Waals surface area contributed by atoms with E-state index in [2.05, 4.69) is 5.32 Å². The molecule has 0 aliphatic carbocycles. The van der Waals surface area contributed by atoms with Crippen LogP contribution in [-0.4, -0.2) is 23.6 Å².